The van der Waals surface area contributed by atoms with E-state index in [-0.39, 0.29) is 25.1 Å². The summed E-state index contributed by atoms with van der Waals surface area (Å²) in [5.41, 5.74) is -12.7. The smallest absolute Gasteiger partial charge is 0.445 e. The van der Waals surface area contributed by atoms with E-state index < -0.39 is 159 Å². The van der Waals surface area contributed by atoms with E-state index >= 15 is 26.3 Å². The van der Waals surface area contributed by atoms with Gasteiger partial charge in [-0.3, -0.25) is 9.59 Å². The molecule has 1 rings (SSSR count). The molecule has 0 aliphatic carbocycles. The second-order valence-corrected chi connectivity index (χ2v) is 14.8. The van der Waals surface area contributed by atoms with Gasteiger partial charge in [0.1, 0.15) is 0 Å². The molecule has 0 radical (unpaired) electrons. The third-order valence-electron chi connectivity index (χ3n) is 9.98. The molecule has 0 bridgehead atoms. The molecule has 0 saturated heterocycles. The van der Waals surface area contributed by atoms with E-state index in [1.807, 2.05) is 0 Å². The molecule has 0 atom stereocenters. The molecule has 0 aliphatic rings. The molecule has 0 unspecified atom stereocenters. The fourth-order valence-electron chi connectivity index (χ4n) is 5.46. The van der Waals surface area contributed by atoms with Gasteiger partial charge in [-0.1, -0.05) is 0 Å². The summed E-state index contributed by atoms with van der Waals surface area (Å²) in [6, 6.07) is -0.258. The fraction of sp³-hybridized carbons (Fsp3) is 0.688. The van der Waals surface area contributed by atoms with E-state index in [4.69, 9.17) is 0 Å². The van der Waals surface area contributed by atoms with Crippen molar-refractivity contribution >= 4 is 35.4 Å². The van der Waals surface area contributed by atoms with Crippen molar-refractivity contribution in [2.75, 3.05) is 6.73 Å². The van der Waals surface area contributed by atoms with Crippen LogP contribution in [-0.4, -0.2) is 138 Å². The van der Waals surface area contributed by atoms with Crippen molar-refractivity contribution in [2.24, 2.45) is 9.98 Å². The highest BCUT2D eigenvalue weighted by Gasteiger charge is 3.03. The number of hydrogen-bond donors (Lipinski definition) is 1. The first-order chi connectivity index (χ1) is 34.1. The summed E-state index contributed by atoms with van der Waals surface area (Å²) in [5, 5.41) is 1.02. The van der Waals surface area contributed by atoms with E-state index in [2.05, 4.69) is 14.7 Å². The number of esters is 1. The Bertz CT molecular complexity index is 2610. The van der Waals surface area contributed by atoms with Gasteiger partial charge in [-0.15, -0.1) is 0 Å². The molecule has 8 nitrogen and oxygen atoms in total. The Kier molecular flexibility index (Phi) is 17.5. The van der Waals surface area contributed by atoms with Crippen molar-refractivity contribution in [3.63, 3.8) is 0 Å². The Morgan fingerprint density at radius 2 is 0.633 bits per heavy atom. The van der Waals surface area contributed by atoms with Crippen molar-refractivity contribution in [1.82, 2.24) is 5.32 Å². The summed E-state index contributed by atoms with van der Waals surface area (Å²) in [5.74, 6) is -185. The molecule has 1 aromatic rings. The Morgan fingerprint density at radius 3 is 0.861 bits per heavy atom. The molecule has 0 saturated carbocycles. The maximum Gasteiger partial charge on any atom is 0.460 e. The lowest BCUT2D eigenvalue weighted by molar-refractivity contribution is -0.495. The van der Waals surface area contributed by atoms with Crippen LogP contribution in [0.5, 0.6) is 0 Å². The minimum atomic E-state index is -10.7. The van der Waals surface area contributed by atoms with Crippen LogP contribution >= 0.6 is 0 Å². The summed E-state index contributed by atoms with van der Waals surface area (Å²) < 4.78 is 557. The highest BCUT2D eigenvalue weighted by atomic mass is 19.4. The predicted octanol–water partition coefficient (Wildman–Crippen LogP) is 13.6. The quantitative estimate of drug-likeness (QED) is 0.0385. The zero-order valence-electron chi connectivity index (χ0n) is 35.5. The molecule has 1 aromatic carbocycles. The molecule has 1 amide bonds. The molecule has 1 N–H and O–H groups in total. The molecule has 79 heavy (non-hydrogen) atoms. The highest BCUT2D eigenvalue weighted by molar-refractivity contribution is 6.02. The molecule has 0 fully saturated rings. The number of hydrogen-bond acceptors (Lipinski definition) is 7. The first-order valence-electron chi connectivity index (χ1n) is 17.8. The third-order valence-corrected chi connectivity index (χ3v) is 9.98. The molecule has 0 heterocycles. The van der Waals surface area contributed by atoms with Crippen molar-refractivity contribution < 1.29 is 195 Å². The van der Waals surface area contributed by atoms with Gasteiger partial charge < -0.3 is 10.1 Å². The lowest BCUT2D eigenvalue weighted by Crippen LogP contribution is -2.80. The number of nitrogens with one attached hydrogen (secondary N) is 1. The molecular formula is C32H10F39N3O5. The molecule has 0 aliphatic heterocycles. The van der Waals surface area contributed by atoms with E-state index in [0.29, 0.717) is 6.92 Å². The summed E-state index contributed by atoms with van der Waals surface area (Å²) >= 11 is 0. The zero-order chi connectivity index (χ0) is 64.2. The highest BCUT2D eigenvalue weighted by Crippen LogP contribution is 2.71. The summed E-state index contributed by atoms with van der Waals surface area (Å²) in [6.07, 6.45) is -8.03. The van der Waals surface area contributed by atoms with Gasteiger partial charge in [-0.2, -0.15) is 181 Å². The maximum absolute atomic E-state index is 15.8. The number of nitrogens with zero attached hydrogens (tertiary/aromatic N) is 2. The maximum atomic E-state index is 15.8. The van der Waals surface area contributed by atoms with Crippen molar-refractivity contribution in [1.29, 1.82) is 0 Å². The second-order valence-electron chi connectivity index (χ2n) is 14.8. The average Bonchev–Trinajstić information content (AvgIpc) is 3.25. The first-order valence-corrected chi connectivity index (χ1v) is 17.8. The van der Waals surface area contributed by atoms with Crippen LogP contribution in [0.4, 0.5) is 183 Å². The van der Waals surface area contributed by atoms with E-state index in [9.17, 15) is 164 Å². The number of alkyl halides is 39. The number of aliphatic imine (C=N–C) groups is 2. The monoisotopic (exact) mass is 1260 g/mol. The van der Waals surface area contributed by atoms with Gasteiger partial charge in [-0.25, -0.2) is 9.59 Å². The number of ether oxygens (including phenoxy) is 1. The van der Waals surface area contributed by atoms with Crippen LogP contribution in [0.3, 0.4) is 0 Å². The van der Waals surface area contributed by atoms with Gasteiger partial charge in [0.05, 0.1) is 16.9 Å². The summed E-state index contributed by atoms with van der Waals surface area (Å²) in [6.45, 7) is -1.67. The third kappa shape index (κ3) is 9.05. The van der Waals surface area contributed by atoms with Crippen LogP contribution in [0.1, 0.15) is 28.4 Å². The molecule has 0 spiro atoms. The SMILES string of the molecule is CC(=O)OCNC(=O)c1c(N=C=O)cc(N=C=O)c(C)c1C(F)(F)C(F)(F)C(F)(F)C(F)(F)C(F)(F)C(F)(F)C(F)(F)C(F)(F)C(F)(F)C(F)(F)C(F)(F)C(F)(F)C(F)(F)C(F)(F)C(F)(F)C(F)(F)C(F)(F)C(F)(F)C(F)(F)F. The average molecular weight is 1260 g/mol. The number of halogens is 39. The Labute approximate surface area is 402 Å². The second kappa shape index (κ2) is 19.4. The van der Waals surface area contributed by atoms with Gasteiger partial charge in [0, 0.05) is 12.5 Å². The van der Waals surface area contributed by atoms with Crippen LogP contribution in [-0.2, 0) is 25.0 Å². The Hall–Kier alpha value is -5.81. The topological polar surface area (TPSA) is 114 Å². The van der Waals surface area contributed by atoms with Gasteiger partial charge in [-0.05, 0) is 18.6 Å². The number of carbonyl (C=O) groups is 2. The zero-order valence-corrected chi connectivity index (χ0v) is 35.5. The molecule has 47 heteroatoms. The van der Waals surface area contributed by atoms with E-state index in [1.54, 1.807) is 0 Å². The number of benzene rings is 1. The predicted molar refractivity (Wildman–Crippen MR) is 165 cm³/mol. The number of amides is 1. The summed E-state index contributed by atoms with van der Waals surface area (Å²) in [4.78, 5) is 50.0. The van der Waals surface area contributed by atoms with Crippen LogP contribution in [0, 0.1) is 6.92 Å². The summed E-state index contributed by atoms with van der Waals surface area (Å²) in [7, 11) is 0. The Morgan fingerprint density at radius 1 is 0.405 bits per heavy atom. The van der Waals surface area contributed by atoms with E-state index in [0.717, 1.165) is 5.32 Å². The minimum Gasteiger partial charge on any atom is -0.445 e. The largest absolute Gasteiger partial charge is 0.460 e. The van der Waals surface area contributed by atoms with Gasteiger partial charge >= 0.3 is 119 Å². The van der Waals surface area contributed by atoms with Crippen molar-refractivity contribution in [2.45, 2.75) is 127 Å². The first kappa shape index (κ1) is 71.2. The number of rotatable bonds is 23. The molecular weight excluding hydrogens is 1250 g/mol. The van der Waals surface area contributed by atoms with Crippen LogP contribution < -0.4 is 5.32 Å². The van der Waals surface area contributed by atoms with Crippen molar-refractivity contribution in [3.05, 3.63) is 22.8 Å². The lowest BCUT2D eigenvalue weighted by Gasteiger charge is -2.47. The van der Waals surface area contributed by atoms with Gasteiger partial charge in [0.2, 0.25) is 12.2 Å². The number of carbonyl (C=O) groups excluding carboxylic acids is 4. The van der Waals surface area contributed by atoms with Crippen molar-refractivity contribution in [3.8, 4) is 0 Å². The number of isocyanates is 2. The normalized spacial score (nSPS) is 15.6. The van der Waals surface area contributed by atoms with Crippen LogP contribution in [0.25, 0.3) is 0 Å². The van der Waals surface area contributed by atoms with Crippen LogP contribution in [0.2, 0.25) is 0 Å². The lowest BCUT2D eigenvalue weighted by atomic mass is 9.81. The van der Waals surface area contributed by atoms with Gasteiger partial charge in [0.15, 0.2) is 6.73 Å². The molecule has 0 aromatic heterocycles. The Balaban J connectivity index is 4.36. The minimum absolute atomic E-state index is 0.234. The van der Waals surface area contributed by atoms with Crippen LogP contribution in [0.15, 0.2) is 16.1 Å². The fourth-order valence-corrected chi connectivity index (χ4v) is 5.46. The van der Waals surface area contributed by atoms with E-state index in [1.165, 1.54) is 0 Å². The van der Waals surface area contributed by atoms with Gasteiger partial charge in [0.25, 0.3) is 5.91 Å². The molecule has 456 valence electrons. The standard InChI is InChI=1S/C32H10F39N3O5/c1-7-9(72-4-75)3-10(73-5-76)11(13(78)74-6-79-8(2)77)12(7)14(33,34)15(35,36)16(37,38)17(39,40)18(41,42)19(43,44)20(45,46)21(47,48)22(49,50)23(51,52)24(53,54)25(55,56)26(57,58)27(59,60)28(61,62)29(63,64)30(65,66)31(67,68)32(69,70)71/h3H,6H2,1-2H3,(H,74,78).